The second-order valence-corrected chi connectivity index (χ2v) is 6.91. The van der Waals surface area contributed by atoms with Gasteiger partial charge in [-0.05, 0) is 48.0 Å². The quantitative estimate of drug-likeness (QED) is 0.375. The van der Waals surface area contributed by atoms with Crippen LogP contribution in [0.2, 0.25) is 10.0 Å². The smallest absolute Gasteiger partial charge is 0.134 e. The van der Waals surface area contributed by atoms with Gasteiger partial charge in [0.05, 0.1) is 17.6 Å². The largest absolute Gasteiger partial charge is 0.320 e. The molecule has 3 aromatic carbocycles. The van der Waals surface area contributed by atoms with E-state index in [0.717, 1.165) is 16.6 Å². The summed E-state index contributed by atoms with van der Waals surface area (Å²) in [4.78, 5) is 4.68. The van der Waals surface area contributed by atoms with E-state index in [1.54, 1.807) is 12.1 Å². The molecule has 0 saturated carbocycles. The fraction of sp³-hybridized carbons (Fsp3) is 0.0455. The topological polar surface area (TPSA) is 17.8 Å². The van der Waals surface area contributed by atoms with Gasteiger partial charge in [0.1, 0.15) is 11.6 Å². The highest BCUT2D eigenvalue weighted by atomic mass is 35.5. The van der Waals surface area contributed by atoms with E-state index in [1.807, 2.05) is 65.3 Å². The number of hydrogen-bond donors (Lipinski definition) is 0. The van der Waals surface area contributed by atoms with Crippen molar-refractivity contribution in [2.24, 2.45) is 0 Å². The molecule has 5 heteroatoms. The molecule has 0 amide bonds. The van der Waals surface area contributed by atoms with Crippen molar-refractivity contribution in [1.29, 1.82) is 0 Å². The van der Waals surface area contributed by atoms with E-state index in [0.29, 0.717) is 21.4 Å². The first-order valence-electron chi connectivity index (χ1n) is 8.44. The Morgan fingerprint density at radius 2 is 1.59 bits per heavy atom. The standard InChI is InChI=1S/C22H15Cl2FN2/c23-17-7-2-1-6-15(17)12-13-22-26-20-10-3-4-11-21(20)27(22)14-16-18(24)8-5-9-19(16)25/h1-13H,14H2/b13-12+. The molecule has 2 nitrogen and oxygen atoms in total. The Morgan fingerprint density at radius 1 is 0.852 bits per heavy atom. The van der Waals surface area contributed by atoms with Gasteiger partial charge >= 0.3 is 0 Å². The third-order valence-electron chi connectivity index (χ3n) is 4.38. The molecule has 4 rings (SSSR count). The van der Waals surface area contributed by atoms with Gasteiger partial charge in [-0.25, -0.2) is 9.37 Å². The number of halogens is 3. The van der Waals surface area contributed by atoms with Crippen LogP contribution in [0, 0.1) is 5.82 Å². The van der Waals surface area contributed by atoms with Gasteiger partial charge in [-0.15, -0.1) is 0 Å². The Hall–Kier alpha value is -2.62. The maximum absolute atomic E-state index is 14.3. The number of nitrogens with zero attached hydrogens (tertiary/aromatic N) is 2. The van der Waals surface area contributed by atoms with E-state index in [4.69, 9.17) is 23.2 Å². The molecule has 0 aliphatic heterocycles. The normalized spacial score (nSPS) is 11.5. The molecule has 1 heterocycles. The maximum atomic E-state index is 14.3. The zero-order valence-corrected chi connectivity index (χ0v) is 15.8. The van der Waals surface area contributed by atoms with Crippen molar-refractivity contribution in [3.05, 3.63) is 99.5 Å². The number of benzene rings is 3. The fourth-order valence-electron chi connectivity index (χ4n) is 3.00. The van der Waals surface area contributed by atoms with Crippen LogP contribution >= 0.6 is 23.2 Å². The first kappa shape index (κ1) is 17.8. The van der Waals surface area contributed by atoms with Gasteiger partial charge in [-0.2, -0.15) is 0 Å². The molecule has 134 valence electrons. The van der Waals surface area contributed by atoms with Gasteiger partial charge < -0.3 is 4.57 Å². The summed E-state index contributed by atoms with van der Waals surface area (Å²) < 4.78 is 16.3. The molecule has 0 spiro atoms. The first-order chi connectivity index (χ1) is 13.1. The van der Waals surface area contributed by atoms with Crippen LogP contribution < -0.4 is 0 Å². The van der Waals surface area contributed by atoms with Crippen molar-refractivity contribution in [1.82, 2.24) is 9.55 Å². The van der Waals surface area contributed by atoms with Crippen LogP contribution in [-0.4, -0.2) is 9.55 Å². The summed E-state index contributed by atoms with van der Waals surface area (Å²) in [5.41, 5.74) is 3.08. The lowest BCUT2D eigenvalue weighted by Crippen LogP contribution is -2.05. The summed E-state index contributed by atoms with van der Waals surface area (Å²) in [7, 11) is 0. The number of rotatable bonds is 4. The average molecular weight is 397 g/mol. The Bertz CT molecular complexity index is 1130. The van der Waals surface area contributed by atoms with Crippen LogP contribution in [0.4, 0.5) is 4.39 Å². The highest BCUT2D eigenvalue weighted by Crippen LogP contribution is 2.25. The number of imidazole rings is 1. The highest BCUT2D eigenvalue weighted by Gasteiger charge is 2.13. The van der Waals surface area contributed by atoms with Crippen LogP contribution in [-0.2, 0) is 6.54 Å². The van der Waals surface area contributed by atoms with Crippen LogP contribution in [0.15, 0.2) is 66.7 Å². The molecule has 0 unspecified atom stereocenters. The summed E-state index contributed by atoms with van der Waals surface area (Å²) in [5, 5.41) is 1.06. The van der Waals surface area contributed by atoms with Gasteiger partial charge in [-0.1, -0.05) is 59.6 Å². The maximum Gasteiger partial charge on any atom is 0.134 e. The van der Waals surface area contributed by atoms with Crippen molar-refractivity contribution in [3.8, 4) is 0 Å². The molecule has 0 aliphatic rings. The Morgan fingerprint density at radius 3 is 2.41 bits per heavy atom. The molecular weight excluding hydrogens is 382 g/mol. The minimum absolute atomic E-state index is 0.286. The summed E-state index contributed by atoms with van der Waals surface area (Å²) >= 11 is 12.5. The van der Waals surface area contributed by atoms with Crippen molar-refractivity contribution in [2.45, 2.75) is 6.54 Å². The predicted octanol–water partition coefficient (Wildman–Crippen LogP) is 6.70. The molecule has 0 N–H and O–H groups in total. The molecule has 0 aliphatic carbocycles. The second-order valence-electron chi connectivity index (χ2n) is 6.10. The lowest BCUT2D eigenvalue weighted by Gasteiger charge is -2.10. The molecule has 27 heavy (non-hydrogen) atoms. The predicted molar refractivity (Wildman–Crippen MR) is 111 cm³/mol. The van der Waals surface area contributed by atoms with E-state index in [9.17, 15) is 4.39 Å². The molecular formula is C22H15Cl2FN2. The van der Waals surface area contributed by atoms with E-state index in [1.165, 1.54) is 6.07 Å². The Labute approximate surface area is 166 Å². The van der Waals surface area contributed by atoms with Gasteiger partial charge in [0, 0.05) is 15.6 Å². The highest BCUT2D eigenvalue weighted by molar-refractivity contribution is 6.32. The van der Waals surface area contributed by atoms with Crippen LogP contribution in [0.5, 0.6) is 0 Å². The van der Waals surface area contributed by atoms with Gasteiger partial charge in [0.15, 0.2) is 0 Å². The van der Waals surface area contributed by atoms with Crippen LogP contribution in [0.3, 0.4) is 0 Å². The van der Waals surface area contributed by atoms with E-state index >= 15 is 0 Å². The second kappa shape index (κ2) is 7.55. The summed E-state index contributed by atoms with van der Waals surface area (Å²) in [6.45, 7) is 0.286. The third kappa shape index (κ3) is 3.61. The molecule has 0 fully saturated rings. The summed E-state index contributed by atoms with van der Waals surface area (Å²) in [6, 6.07) is 20.0. The van der Waals surface area contributed by atoms with Crippen molar-refractivity contribution >= 4 is 46.4 Å². The average Bonchev–Trinajstić information content (AvgIpc) is 3.02. The number of para-hydroxylation sites is 2. The number of aromatic nitrogens is 2. The van der Waals surface area contributed by atoms with Gasteiger partial charge in [0.2, 0.25) is 0 Å². The minimum Gasteiger partial charge on any atom is -0.320 e. The van der Waals surface area contributed by atoms with Gasteiger partial charge in [-0.3, -0.25) is 0 Å². The van der Waals surface area contributed by atoms with E-state index in [-0.39, 0.29) is 12.4 Å². The van der Waals surface area contributed by atoms with E-state index in [2.05, 4.69) is 4.98 Å². The first-order valence-corrected chi connectivity index (χ1v) is 9.20. The molecule has 1 aromatic heterocycles. The van der Waals surface area contributed by atoms with Gasteiger partial charge in [0.25, 0.3) is 0 Å². The molecule has 4 aromatic rings. The monoisotopic (exact) mass is 396 g/mol. The summed E-state index contributed by atoms with van der Waals surface area (Å²) in [5.74, 6) is 0.372. The molecule has 0 bridgehead atoms. The number of hydrogen-bond acceptors (Lipinski definition) is 1. The lowest BCUT2D eigenvalue weighted by molar-refractivity contribution is 0.601. The molecule has 0 atom stereocenters. The van der Waals surface area contributed by atoms with Crippen molar-refractivity contribution in [2.75, 3.05) is 0 Å². The van der Waals surface area contributed by atoms with Crippen LogP contribution in [0.1, 0.15) is 17.0 Å². The van der Waals surface area contributed by atoms with Crippen molar-refractivity contribution < 1.29 is 4.39 Å². The van der Waals surface area contributed by atoms with E-state index < -0.39 is 0 Å². The van der Waals surface area contributed by atoms with Crippen LogP contribution in [0.25, 0.3) is 23.2 Å². The molecule has 0 saturated heterocycles. The Kier molecular flexibility index (Phi) is 4.97. The summed E-state index contributed by atoms with van der Waals surface area (Å²) in [6.07, 6.45) is 3.79. The zero-order chi connectivity index (χ0) is 18.8. The third-order valence-corrected chi connectivity index (χ3v) is 5.08. The zero-order valence-electron chi connectivity index (χ0n) is 14.2. The lowest BCUT2D eigenvalue weighted by atomic mass is 10.2. The van der Waals surface area contributed by atoms with Crippen molar-refractivity contribution in [3.63, 3.8) is 0 Å². The SMILES string of the molecule is Fc1cccc(Cl)c1Cn1c(/C=C/c2ccccc2Cl)nc2ccccc21. The molecule has 0 radical (unpaired) electrons. The number of fused-ring (bicyclic) bond motifs is 1. The Balaban J connectivity index is 1.81. The minimum atomic E-state index is -0.332. The fourth-order valence-corrected chi connectivity index (χ4v) is 3.43.